The van der Waals surface area contributed by atoms with Crippen molar-refractivity contribution in [1.82, 2.24) is 0 Å². The van der Waals surface area contributed by atoms with Gasteiger partial charge in [0.15, 0.2) is 0 Å². The normalized spacial score (nSPS) is 11.6. The molecule has 2 nitrogen and oxygen atoms in total. The molecule has 0 fully saturated rings. The molecule has 234 valence electrons. The smallest absolute Gasteiger partial charge is 0.136 e. The molecule has 0 aliphatic heterocycles. The number of benzene rings is 9. The van der Waals surface area contributed by atoms with E-state index < -0.39 is 0 Å². The molecule has 50 heavy (non-hydrogen) atoms. The van der Waals surface area contributed by atoms with Crippen molar-refractivity contribution in [3.8, 4) is 22.3 Å². The monoisotopic (exact) mass is 637 g/mol. The summed E-state index contributed by atoms with van der Waals surface area (Å²) in [5.74, 6) is 0. The van der Waals surface area contributed by atoms with Gasteiger partial charge in [0.05, 0.1) is 5.69 Å². The average molecular weight is 638 g/mol. The van der Waals surface area contributed by atoms with Gasteiger partial charge in [0.25, 0.3) is 0 Å². The third-order valence-electron chi connectivity index (χ3n) is 10.0. The Kier molecular flexibility index (Phi) is 6.53. The molecule has 0 spiro atoms. The van der Waals surface area contributed by atoms with E-state index in [1.54, 1.807) is 0 Å². The molecule has 0 unspecified atom stereocenters. The Morgan fingerprint density at radius 3 is 1.86 bits per heavy atom. The van der Waals surface area contributed by atoms with Crippen LogP contribution in [0.5, 0.6) is 0 Å². The molecule has 0 saturated carbocycles. The van der Waals surface area contributed by atoms with Crippen molar-refractivity contribution in [2.75, 3.05) is 4.90 Å². The minimum Gasteiger partial charge on any atom is -0.456 e. The standard InChI is InChI=1S/C48H31NO/c1-2-10-33(11-3-1)42-14-6-8-16-46(42)49(40-27-24-35-19-18-34-12-4-5-13-41(34)44(35)31-40)39-25-22-32(23-26-39)36-20-21-37-29-45-43-15-7-9-17-47(43)50-48(45)30-38(37)28-36/h1-31H. The van der Waals surface area contributed by atoms with E-state index in [9.17, 15) is 0 Å². The zero-order valence-electron chi connectivity index (χ0n) is 27.3. The molecule has 0 aliphatic carbocycles. The van der Waals surface area contributed by atoms with E-state index in [1.165, 1.54) is 54.6 Å². The van der Waals surface area contributed by atoms with E-state index in [-0.39, 0.29) is 0 Å². The van der Waals surface area contributed by atoms with Crippen molar-refractivity contribution in [2.45, 2.75) is 0 Å². The predicted molar refractivity (Wildman–Crippen MR) is 212 cm³/mol. The summed E-state index contributed by atoms with van der Waals surface area (Å²) in [5.41, 5.74) is 9.90. The highest BCUT2D eigenvalue weighted by Crippen LogP contribution is 2.43. The molecule has 0 aliphatic rings. The summed E-state index contributed by atoms with van der Waals surface area (Å²) in [5, 5.41) is 9.66. The first-order valence-electron chi connectivity index (χ1n) is 17.1. The van der Waals surface area contributed by atoms with Crippen LogP contribution in [0.1, 0.15) is 0 Å². The van der Waals surface area contributed by atoms with E-state index in [2.05, 4.69) is 181 Å². The second-order valence-corrected chi connectivity index (χ2v) is 13.0. The molecule has 0 atom stereocenters. The minimum atomic E-state index is 0.919. The van der Waals surface area contributed by atoms with Gasteiger partial charge in [-0.05, 0) is 104 Å². The SMILES string of the molecule is c1ccc(-c2ccccc2N(c2ccc(-c3ccc4cc5c(cc4c3)oc3ccccc35)cc2)c2ccc3ccc4ccccc4c3c2)cc1. The van der Waals surface area contributed by atoms with E-state index >= 15 is 0 Å². The number of hydrogen-bond donors (Lipinski definition) is 0. The van der Waals surface area contributed by atoms with Crippen LogP contribution in [-0.4, -0.2) is 0 Å². The Labute approximate surface area is 290 Å². The molecule has 1 heterocycles. The summed E-state index contributed by atoms with van der Waals surface area (Å²) in [4.78, 5) is 2.39. The fourth-order valence-electron chi connectivity index (χ4n) is 7.54. The van der Waals surface area contributed by atoms with Gasteiger partial charge in [-0.3, -0.25) is 0 Å². The van der Waals surface area contributed by atoms with Crippen molar-refractivity contribution >= 4 is 71.3 Å². The first-order chi connectivity index (χ1) is 24.8. The van der Waals surface area contributed by atoms with Crippen LogP contribution < -0.4 is 4.90 Å². The average Bonchev–Trinajstić information content (AvgIpc) is 3.55. The van der Waals surface area contributed by atoms with Crippen molar-refractivity contribution < 1.29 is 4.42 Å². The molecular formula is C48H31NO. The quantitative estimate of drug-likeness (QED) is 0.175. The topological polar surface area (TPSA) is 16.4 Å². The molecule has 10 rings (SSSR count). The number of rotatable bonds is 5. The van der Waals surface area contributed by atoms with E-state index in [0.29, 0.717) is 0 Å². The summed E-state index contributed by atoms with van der Waals surface area (Å²) < 4.78 is 6.22. The van der Waals surface area contributed by atoms with Crippen LogP contribution >= 0.6 is 0 Å². The van der Waals surface area contributed by atoms with Crippen LogP contribution in [0.3, 0.4) is 0 Å². The molecule has 0 bridgehead atoms. The van der Waals surface area contributed by atoms with Crippen molar-refractivity contribution in [3.63, 3.8) is 0 Å². The lowest BCUT2D eigenvalue weighted by Gasteiger charge is -2.28. The second kappa shape index (κ2) is 11.5. The van der Waals surface area contributed by atoms with Gasteiger partial charge >= 0.3 is 0 Å². The number of furan rings is 1. The first kappa shape index (κ1) is 28.4. The summed E-state index contributed by atoms with van der Waals surface area (Å²) in [6, 6.07) is 67.7. The summed E-state index contributed by atoms with van der Waals surface area (Å²) in [6.07, 6.45) is 0. The van der Waals surface area contributed by atoms with Crippen LogP contribution in [-0.2, 0) is 0 Å². The van der Waals surface area contributed by atoms with Gasteiger partial charge in [-0.1, -0.05) is 133 Å². The number of fused-ring (bicyclic) bond motifs is 7. The van der Waals surface area contributed by atoms with E-state index in [0.717, 1.165) is 39.0 Å². The third kappa shape index (κ3) is 4.73. The second-order valence-electron chi connectivity index (χ2n) is 13.0. The molecule has 0 radical (unpaired) electrons. The van der Waals surface area contributed by atoms with Crippen LogP contribution in [0.4, 0.5) is 17.1 Å². The lowest BCUT2D eigenvalue weighted by Crippen LogP contribution is -2.11. The van der Waals surface area contributed by atoms with Crippen LogP contribution in [0.25, 0.3) is 76.5 Å². The fourth-order valence-corrected chi connectivity index (χ4v) is 7.54. The fraction of sp³-hybridized carbons (Fsp3) is 0. The number of para-hydroxylation sites is 2. The van der Waals surface area contributed by atoms with Gasteiger partial charge in [-0.25, -0.2) is 0 Å². The van der Waals surface area contributed by atoms with Crippen LogP contribution in [0, 0.1) is 0 Å². The Balaban J connectivity index is 1.11. The number of hydrogen-bond acceptors (Lipinski definition) is 2. The van der Waals surface area contributed by atoms with Gasteiger partial charge in [0, 0.05) is 27.7 Å². The summed E-state index contributed by atoms with van der Waals surface area (Å²) in [7, 11) is 0. The molecule has 1 aromatic heterocycles. The van der Waals surface area contributed by atoms with Crippen molar-refractivity contribution in [3.05, 3.63) is 188 Å². The zero-order valence-corrected chi connectivity index (χ0v) is 27.3. The minimum absolute atomic E-state index is 0.919. The lowest BCUT2D eigenvalue weighted by atomic mass is 9.98. The third-order valence-corrected chi connectivity index (χ3v) is 10.0. The summed E-state index contributed by atoms with van der Waals surface area (Å²) >= 11 is 0. The Morgan fingerprint density at radius 2 is 0.980 bits per heavy atom. The summed E-state index contributed by atoms with van der Waals surface area (Å²) in [6.45, 7) is 0. The van der Waals surface area contributed by atoms with Gasteiger partial charge < -0.3 is 9.32 Å². The molecule has 0 N–H and O–H groups in total. The van der Waals surface area contributed by atoms with Gasteiger partial charge in [-0.15, -0.1) is 0 Å². The van der Waals surface area contributed by atoms with Gasteiger partial charge in [0.2, 0.25) is 0 Å². The maximum Gasteiger partial charge on any atom is 0.136 e. The molecule has 10 aromatic rings. The molecule has 0 amide bonds. The van der Waals surface area contributed by atoms with E-state index in [4.69, 9.17) is 4.42 Å². The molecular weight excluding hydrogens is 607 g/mol. The highest BCUT2D eigenvalue weighted by atomic mass is 16.3. The highest BCUT2D eigenvalue weighted by molar-refractivity contribution is 6.11. The number of anilines is 3. The molecule has 0 saturated heterocycles. The van der Waals surface area contributed by atoms with Gasteiger partial charge in [0.1, 0.15) is 11.2 Å². The zero-order chi connectivity index (χ0) is 33.0. The van der Waals surface area contributed by atoms with Crippen molar-refractivity contribution in [1.29, 1.82) is 0 Å². The van der Waals surface area contributed by atoms with Crippen molar-refractivity contribution in [2.24, 2.45) is 0 Å². The predicted octanol–water partition coefficient (Wildman–Crippen LogP) is 13.8. The maximum absolute atomic E-state index is 6.22. The van der Waals surface area contributed by atoms with Crippen LogP contribution in [0.15, 0.2) is 192 Å². The Morgan fingerprint density at radius 1 is 0.320 bits per heavy atom. The van der Waals surface area contributed by atoms with Crippen LogP contribution in [0.2, 0.25) is 0 Å². The molecule has 9 aromatic carbocycles. The highest BCUT2D eigenvalue weighted by Gasteiger charge is 2.18. The Hall–Kier alpha value is -6.64. The van der Waals surface area contributed by atoms with Gasteiger partial charge in [-0.2, -0.15) is 0 Å². The Bertz CT molecular complexity index is 2870. The lowest BCUT2D eigenvalue weighted by molar-refractivity contribution is 0.669. The first-order valence-corrected chi connectivity index (χ1v) is 17.1. The molecule has 2 heteroatoms. The van der Waals surface area contributed by atoms with E-state index in [1.807, 2.05) is 12.1 Å². The largest absolute Gasteiger partial charge is 0.456 e. The maximum atomic E-state index is 6.22. The number of nitrogens with zero attached hydrogens (tertiary/aromatic N) is 1.